The van der Waals surface area contributed by atoms with Gasteiger partial charge in [0.15, 0.2) is 0 Å². The van der Waals surface area contributed by atoms with Crippen LogP contribution < -0.4 is 4.74 Å². The minimum Gasteiger partial charge on any atom is -0.496 e. The lowest BCUT2D eigenvalue weighted by Crippen LogP contribution is -2.41. The second-order valence-electron chi connectivity index (χ2n) is 7.27. The molecule has 2 aromatic carbocycles. The molecule has 0 radical (unpaired) electrons. The van der Waals surface area contributed by atoms with Crippen LogP contribution in [0.2, 0.25) is 0 Å². The first-order valence-electron chi connectivity index (χ1n) is 9.41. The lowest BCUT2D eigenvalue weighted by molar-refractivity contribution is -0.137. The number of ether oxygens (including phenoxy) is 1. The summed E-state index contributed by atoms with van der Waals surface area (Å²) in [5, 5.41) is 0. The molecule has 0 aliphatic heterocycles. The zero-order chi connectivity index (χ0) is 21.8. The van der Waals surface area contributed by atoms with Gasteiger partial charge in [0.05, 0.1) is 12.7 Å². The van der Waals surface area contributed by atoms with Crippen LogP contribution in [0, 0.1) is 0 Å². The summed E-state index contributed by atoms with van der Waals surface area (Å²) >= 11 is 0. The van der Waals surface area contributed by atoms with E-state index in [2.05, 4.69) is 0 Å². The minimum atomic E-state index is -4.51. The van der Waals surface area contributed by atoms with Crippen LogP contribution in [0.25, 0.3) is 5.57 Å². The third kappa shape index (κ3) is 5.40. The second kappa shape index (κ2) is 9.16. The summed E-state index contributed by atoms with van der Waals surface area (Å²) in [7, 11) is 1.39. The Labute approximate surface area is 169 Å². The van der Waals surface area contributed by atoms with Gasteiger partial charge in [-0.3, -0.25) is 4.79 Å². The molecule has 6 heteroatoms. The topological polar surface area (TPSA) is 29.5 Å². The molecule has 0 unspecified atom stereocenters. The first-order chi connectivity index (χ1) is 13.6. The standard InChI is InChI=1S/C23H26F3NO2/c1-15(2)27(16(3)4)22(28)14-19(17-9-7-6-8-10-17)20-13-18(23(24,25)26)11-12-21(20)29-5/h6-16H,1-5H3. The first kappa shape index (κ1) is 22.5. The van der Waals surface area contributed by atoms with Crippen LogP contribution in [-0.4, -0.2) is 30.0 Å². The zero-order valence-electron chi connectivity index (χ0n) is 17.2. The van der Waals surface area contributed by atoms with Crippen molar-refractivity contribution >= 4 is 11.5 Å². The van der Waals surface area contributed by atoms with Crippen molar-refractivity contribution in [3.8, 4) is 5.75 Å². The Hall–Kier alpha value is -2.76. The Kier molecular flexibility index (Phi) is 7.11. The van der Waals surface area contributed by atoms with Crippen molar-refractivity contribution in [2.45, 2.75) is 46.0 Å². The molecule has 0 aliphatic carbocycles. The van der Waals surface area contributed by atoms with Gasteiger partial charge < -0.3 is 9.64 Å². The van der Waals surface area contributed by atoms with E-state index in [0.29, 0.717) is 11.1 Å². The van der Waals surface area contributed by atoms with Gasteiger partial charge in [0.1, 0.15) is 5.75 Å². The van der Waals surface area contributed by atoms with Crippen LogP contribution in [0.4, 0.5) is 13.2 Å². The number of hydrogen-bond donors (Lipinski definition) is 0. The predicted molar refractivity (Wildman–Crippen MR) is 109 cm³/mol. The van der Waals surface area contributed by atoms with Crippen LogP contribution in [0.15, 0.2) is 54.6 Å². The highest BCUT2D eigenvalue weighted by atomic mass is 19.4. The summed E-state index contributed by atoms with van der Waals surface area (Å²) < 4.78 is 45.3. The molecule has 0 saturated heterocycles. The van der Waals surface area contributed by atoms with E-state index in [-0.39, 0.29) is 29.3 Å². The van der Waals surface area contributed by atoms with E-state index in [1.54, 1.807) is 35.2 Å². The van der Waals surface area contributed by atoms with E-state index in [4.69, 9.17) is 4.74 Å². The Morgan fingerprint density at radius 3 is 2.07 bits per heavy atom. The van der Waals surface area contributed by atoms with E-state index in [0.717, 1.165) is 12.1 Å². The van der Waals surface area contributed by atoms with Gasteiger partial charge >= 0.3 is 6.18 Å². The molecule has 0 bridgehead atoms. The van der Waals surface area contributed by atoms with Crippen LogP contribution in [0.1, 0.15) is 44.4 Å². The highest BCUT2D eigenvalue weighted by molar-refractivity contribution is 6.00. The van der Waals surface area contributed by atoms with Crippen molar-refractivity contribution in [3.63, 3.8) is 0 Å². The number of rotatable bonds is 6. The Balaban J connectivity index is 2.72. The highest BCUT2D eigenvalue weighted by Crippen LogP contribution is 2.37. The number of carbonyl (C=O) groups is 1. The summed E-state index contributed by atoms with van der Waals surface area (Å²) in [5.74, 6) is -0.00475. The third-order valence-electron chi connectivity index (χ3n) is 4.54. The maximum Gasteiger partial charge on any atom is 0.416 e. The van der Waals surface area contributed by atoms with E-state index >= 15 is 0 Å². The predicted octanol–water partition coefficient (Wildman–Crippen LogP) is 5.79. The molecule has 0 N–H and O–H groups in total. The number of methoxy groups -OCH3 is 1. The molecule has 0 aromatic heterocycles. The molecule has 2 rings (SSSR count). The molecule has 156 valence electrons. The molecule has 0 atom stereocenters. The average Bonchev–Trinajstić information content (AvgIpc) is 2.65. The third-order valence-corrected chi connectivity index (χ3v) is 4.54. The van der Waals surface area contributed by atoms with Gasteiger partial charge in [-0.2, -0.15) is 13.2 Å². The van der Waals surface area contributed by atoms with Crippen LogP contribution in [0.3, 0.4) is 0 Å². The van der Waals surface area contributed by atoms with Crippen molar-refractivity contribution in [1.82, 2.24) is 4.90 Å². The van der Waals surface area contributed by atoms with Gasteiger partial charge in [-0.05, 0) is 57.0 Å². The minimum absolute atomic E-state index is 0.0563. The average molecular weight is 405 g/mol. The van der Waals surface area contributed by atoms with E-state index < -0.39 is 11.7 Å². The quantitative estimate of drug-likeness (QED) is 0.569. The van der Waals surface area contributed by atoms with Crippen molar-refractivity contribution in [2.75, 3.05) is 7.11 Å². The molecule has 0 heterocycles. The maximum atomic E-state index is 13.3. The monoisotopic (exact) mass is 405 g/mol. The SMILES string of the molecule is COc1ccc(C(F)(F)F)cc1C(=CC(=O)N(C(C)C)C(C)C)c1ccccc1. The second-order valence-corrected chi connectivity index (χ2v) is 7.27. The molecule has 2 aromatic rings. The van der Waals surface area contributed by atoms with Crippen LogP contribution in [-0.2, 0) is 11.0 Å². The molecule has 0 aliphatic rings. The highest BCUT2D eigenvalue weighted by Gasteiger charge is 2.32. The fourth-order valence-electron chi connectivity index (χ4n) is 3.33. The number of nitrogens with zero attached hydrogens (tertiary/aromatic N) is 1. The number of amides is 1. The molecular formula is C23H26F3NO2. The Morgan fingerprint density at radius 1 is 1.00 bits per heavy atom. The molecule has 0 fully saturated rings. The summed E-state index contributed by atoms with van der Waals surface area (Å²) in [6.45, 7) is 7.61. The number of alkyl halides is 3. The lowest BCUT2D eigenvalue weighted by atomic mass is 9.94. The largest absolute Gasteiger partial charge is 0.496 e. The number of carbonyl (C=O) groups excluding carboxylic acids is 1. The Bertz CT molecular complexity index is 863. The smallest absolute Gasteiger partial charge is 0.416 e. The van der Waals surface area contributed by atoms with Crippen molar-refractivity contribution in [2.24, 2.45) is 0 Å². The van der Waals surface area contributed by atoms with Crippen LogP contribution >= 0.6 is 0 Å². The van der Waals surface area contributed by atoms with Gasteiger partial charge in [0.2, 0.25) is 5.91 Å². The summed E-state index contributed by atoms with van der Waals surface area (Å²) in [6.07, 6.45) is -3.11. The van der Waals surface area contributed by atoms with Crippen molar-refractivity contribution in [1.29, 1.82) is 0 Å². The summed E-state index contributed by atoms with van der Waals surface area (Å²) in [4.78, 5) is 14.7. The zero-order valence-corrected chi connectivity index (χ0v) is 17.2. The summed E-state index contributed by atoms with van der Waals surface area (Å²) in [5.41, 5.74) is 0.428. The van der Waals surface area contributed by atoms with Crippen molar-refractivity contribution < 1.29 is 22.7 Å². The van der Waals surface area contributed by atoms with Crippen LogP contribution in [0.5, 0.6) is 5.75 Å². The molecule has 0 saturated carbocycles. The molecule has 29 heavy (non-hydrogen) atoms. The van der Waals surface area contributed by atoms with E-state index in [9.17, 15) is 18.0 Å². The molecule has 0 spiro atoms. The first-order valence-corrected chi connectivity index (χ1v) is 9.41. The van der Waals surface area contributed by atoms with Gasteiger partial charge in [-0.15, -0.1) is 0 Å². The van der Waals surface area contributed by atoms with Gasteiger partial charge in [0.25, 0.3) is 0 Å². The molecule has 1 amide bonds. The van der Waals surface area contributed by atoms with Gasteiger partial charge in [0, 0.05) is 23.7 Å². The fourth-order valence-corrected chi connectivity index (χ4v) is 3.33. The van der Waals surface area contributed by atoms with Crippen molar-refractivity contribution in [3.05, 3.63) is 71.3 Å². The molecular weight excluding hydrogens is 379 g/mol. The van der Waals surface area contributed by atoms with E-state index in [1.807, 2.05) is 27.7 Å². The lowest BCUT2D eigenvalue weighted by Gasteiger charge is -2.30. The maximum absolute atomic E-state index is 13.3. The summed E-state index contributed by atoms with van der Waals surface area (Å²) in [6, 6.07) is 12.0. The fraction of sp³-hybridized carbons (Fsp3) is 0.348. The number of benzene rings is 2. The van der Waals surface area contributed by atoms with Gasteiger partial charge in [-0.1, -0.05) is 30.3 Å². The normalized spacial score (nSPS) is 12.4. The number of hydrogen-bond acceptors (Lipinski definition) is 2. The molecule has 3 nitrogen and oxygen atoms in total. The Morgan fingerprint density at radius 2 is 1.59 bits per heavy atom. The van der Waals surface area contributed by atoms with Gasteiger partial charge in [-0.25, -0.2) is 0 Å². The number of halogens is 3. The van der Waals surface area contributed by atoms with E-state index in [1.165, 1.54) is 19.3 Å².